The quantitative estimate of drug-likeness (QED) is 0.648. The number of aromatic nitrogens is 3. The van der Waals surface area contributed by atoms with E-state index in [1.54, 1.807) is 30.1 Å². The van der Waals surface area contributed by atoms with Gasteiger partial charge in [-0.1, -0.05) is 12.1 Å². The van der Waals surface area contributed by atoms with Crippen LogP contribution in [0.1, 0.15) is 6.92 Å². The number of anilines is 2. The molecule has 0 bridgehead atoms. The van der Waals surface area contributed by atoms with Gasteiger partial charge in [-0.3, -0.25) is 14.3 Å². The van der Waals surface area contributed by atoms with Gasteiger partial charge in [0.2, 0.25) is 5.95 Å². The molecule has 0 amide bonds. The monoisotopic (exact) mass is 386 g/mol. The van der Waals surface area contributed by atoms with E-state index in [1.807, 2.05) is 36.4 Å². The molecule has 7 nitrogen and oxygen atoms in total. The summed E-state index contributed by atoms with van der Waals surface area (Å²) in [4.78, 5) is 29.4. The molecule has 0 aliphatic carbocycles. The van der Waals surface area contributed by atoms with Crippen molar-refractivity contribution in [3.8, 4) is 11.3 Å². The number of hydrogen-bond donors (Lipinski definition) is 0. The molecule has 1 fully saturated rings. The lowest BCUT2D eigenvalue weighted by molar-refractivity contribution is 0.530. The Labute approximate surface area is 169 Å². The molecular weight excluding hydrogens is 364 g/mol. The molecule has 3 aromatic rings. The fourth-order valence-electron chi connectivity index (χ4n) is 3.68. The van der Waals surface area contributed by atoms with Gasteiger partial charge in [-0.15, -0.1) is 0 Å². The van der Waals surface area contributed by atoms with Crippen LogP contribution in [-0.4, -0.2) is 40.2 Å². The van der Waals surface area contributed by atoms with Crippen LogP contribution in [0.5, 0.6) is 0 Å². The Bertz CT molecular complexity index is 1100. The van der Waals surface area contributed by atoms with Crippen molar-refractivity contribution in [3.63, 3.8) is 0 Å². The highest BCUT2D eigenvalue weighted by Crippen LogP contribution is 2.25. The Morgan fingerprint density at radius 3 is 2.48 bits per heavy atom. The van der Waals surface area contributed by atoms with Gasteiger partial charge in [0.1, 0.15) is 0 Å². The van der Waals surface area contributed by atoms with Crippen molar-refractivity contribution in [2.24, 2.45) is 7.05 Å². The first-order valence-corrected chi connectivity index (χ1v) is 9.54. The van der Waals surface area contributed by atoms with E-state index in [0.29, 0.717) is 17.3 Å². The van der Waals surface area contributed by atoms with E-state index in [-0.39, 0.29) is 11.6 Å². The summed E-state index contributed by atoms with van der Waals surface area (Å²) in [6, 6.07) is 13.2. The normalized spacial score (nSPS) is 16.5. The molecule has 0 unspecified atom stereocenters. The first-order valence-electron chi connectivity index (χ1n) is 9.54. The third kappa shape index (κ3) is 3.69. The molecule has 4 rings (SSSR count). The topological polar surface area (TPSA) is 58.6 Å². The Balaban J connectivity index is 1.60. The fraction of sp³-hybridized carbons (Fsp3) is 0.273. The maximum absolute atomic E-state index is 12.6. The number of rotatable bonds is 3. The molecule has 0 spiro atoms. The van der Waals surface area contributed by atoms with E-state index in [9.17, 15) is 4.79 Å². The van der Waals surface area contributed by atoms with Crippen molar-refractivity contribution in [1.29, 1.82) is 0 Å². The van der Waals surface area contributed by atoms with E-state index in [1.165, 1.54) is 0 Å². The van der Waals surface area contributed by atoms with Crippen LogP contribution < -0.4 is 15.4 Å². The molecule has 0 saturated carbocycles. The summed E-state index contributed by atoms with van der Waals surface area (Å²) in [7, 11) is 1.77. The van der Waals surface area contributed by atoms with E-state index in [0.717, 1.165) is 30.9 Å². The second-order valence-electron chi connectivity index (χ2n) is 7.19. The van der Waals surface area contributed by atoms with E-state index < -0.39 is 0 Å². The van der Waals surface area contributed by atoms with Crippen LogP contribution in [0, 0.1) is 6.57 Å². The maximum atomic E-state index is 12.6. The highest BCUT2D eigenvalue weighted by molar-refractivity contribution is 5.60. The van der Waals surface area contributed by atoms with Gasteiger partial charge >= 0.3 is 0 Å². The molecular formula is C22H22N6O. The van der Waals surface area contributed by atoms with Gasteiger partial charge in [0.05, 0.1) is 12.3 Å². The van der Waals surface area contributed by atoms with Gasteiger partial charge in [0, 0.05) is 62.4 Å². The third-order valence-corrected chi connectivity index (χ3v) is 5.32. The van der Waals surface area contributed by atoms with Crippen LogP contribution in [-0.2, 0) is 7.05 Å². The van der Waals surface area contributed by atoms with Crippen molar-refractivity contribution >= 4 is 17.3 Å². The van der Waals surface area contributed by atoms with Crippen LogP contribution in [0.3, 0.4) is 0 Å². The SMILES string of the molecule is [C-]#[N+]c1ccc(N2CCN(c3nc(-c4ccncc4)cc(=O)n3C)[C@H](C)C2)cc1. The predicted molar refractivity (Wildman–Crippen MR) is 114 cm³/mol. The summed E-state index contributed by atoms with van der Waals surface area (Å²) in [6.07, 6.45) is 3.41. The molecule has 1 atom stereocenters. The number of hydrogen-bond acceptors (Lipinski definition) is 5. The van der Waals surface area contributed by atoms with Gasteiger partial charge in [0.15, 0.2) is 5.69 Å². The molecule has 7 heteroatoms. The molecule has 0 N–H and O–H groups in total. The lowest BCUT2D eigenvalue weighted by Crippen LogP contribution is -2.53. The van der Waals surface area contributed by atoms with Gasteiger partial charge < -0.3 is 9.80 Å². The predicted octanol–water partition coefficient (Wildman–Crippen LogP) is 3.11. The van der Waals surface area contributed by atoms with Gasteiger partial charge in [-0.2, -0.15) is 0 Å². The minimum absolute atomic E-state index is 0.0776. The summed E-state index contributed by atoms with van der Waals surface area (Å²) < 4.78 is 1.61. The zero-order valence-corrected chi connectivity index (χ0v) is 16.5. The molecule has 146 valence electrons. The lowest BCUT2D eigenvalue weighted by atomic mass is 10.1. The van der Waals surface area contributed by atoms with Crippen molar-refractivity contribution in [2.45, 2.75) is 13.0 Å². The molecule has 0 radical (unpaired) electrons. The highest BCUT2D eigenvalue weighted by Gasteiger charge is 2.27. The summed E-state index contributed by atoms with van der Waals surface area (Å²) in [6.45, 7) is 11.6. The summed E-state index contributed by atoms with van der Waals surface area (Å²) in [5.41, 5.74) is 3.22. The third-order valence-electron chi connectivity index (χ3n) is 5.32. The molecule has 1 aliphatic heterocycles. The fourth-order valence-corrected chi connectivity index (χ4v) is 3.68. The van der Waals surface area contributed by atoms with Crippen LogP contribution in [0.25, 0.3) is 16.1 Å². The van der Waals surface area contributed by atoms with Gasteiger partial charge in [-0.25, -0.2) is 9.83 Å². The van der Waals surface area contributed by atoms with Crippen molar-refractivity contribution in [1.82, 2.24) is 14.5 Å². The van der Waals surface area contributed by atoms with Gasteiger partial charge in [-0.05, 0) is 31.2 Å². The summed E-state index contributed by atoms with van der Waals surface area (Å²) in [5.74, 6) is 0.680. The molecule has 2 aromatic heterocycles. The zero-order chi connectivity index (χ0) is 20.4. The summed E-state index contributed by atoms with van der Waals surface area (Å²) in [5, 5.41) is 0. The Kier molecular flexibility index (Phi) is 5.00. The van der Waals surface area contributed by atoms with Crippen molar-refractivity contribution in [2.75, 3.05) is 29.4 Å². The van der Waals surface area contributed by atoms with Crippen LogP contribution in [0.2, 0.25) is 0 Å². The molecule has 1 saturated heterocycles. The average molecular weight is 386 g/mol. The zero-order valence-electron chi connectivity index (χ0n) is 16.5. The second kappa shape index (κ2) is 7.76. The minimum atomic E-state index is -0.0776. The number of pyridine rings is 1. The summed E-state index contributed by atoms with van der Waals surface area (Å²) >= 11 is 0. The largest absolute Gasteiger partial charge is 0.368 e. The minimum Gasteiger partial charge on any atom is -0.368 e. The van der Waals surface area contributed by atoms with Crippen LogP contribution in [0.15, 0.2) is 59.7 Å². The van der Waals surface area contributed by atoms with Gasteiger partial charge in [0.25, 0.3) is 5.56 Å². The average Bonchev–Trinajstić information content (AvgIpc) is 2.76. The van der Waals surface area contributed by atoms with E-state index in [4.69, 9.17) is 11.6 Å². The standard InChI is InChI=1S/C22H22N6O/c1-16-15-27(19-6-4-18(23-2)5-7-19)12-13-28(16)22-25-20(14-21(29)26(22)3)17-8-10-24-11-9-17/h4-11,14,16H,12-13,15H2,1,3H3/t16-/m1/s1. The van der Waals surface area contributed by atoms with Crippen LogP contribution >= 0.6 is 0 Å². The van der Waals surface area contributed by atoms with E-state index in [2.05, 4.69) is 26.6 Å². The van der Waals surface area contributed by atoms with Crippen LogP contribution in [0.4, 0.5) is 17.3 Å². The van der Waals surface area contributed by atoms with E-state index >= 15 is 0 Å². The van der Waals surface area contributed by atoms with Crippen molar-refractivity contribution in [3.05, 3.63) is 76.6 Å². The Morgan fingerprint density at radius 2 is 1.83 bits per heavy atom. The second-order valence-corrected chi connectivity index (χ2v) is 7.19. The maximum Gasteiger partial charge on any atom is 0.255 e. The lowest BCUT2D eigenvalue weighted by Gasteiger charge is -2.42. The highest BCUT2D eigenvalue weighted by atomic mass is 16.1. The van der Waals surface area contributed by atoms with Crippen molar-refractivity contribution < 1.29 is 0 Å². The number of piperazine rings is 1. The first kappa shape index (κ1) is 18.7. The molecule has 1 aliphatic rings. The number of nitrogens with zero attached hydrogens (tertiary/aromatic N) is 6. The Hall–Kier alpha value is -3.66. The molecule has 3 heterocycles. The molecule has 29 heavy (non-hydrogen) atoms. The first-order chi connectivity index (χ1) is 14.1. The molecule has 1 aromatic carbocycles. The Morgan fingerprint density at radius 1 is 1.10 bits per heavy atom. The number of benzene rings is 1. The smallest absolute Gasteiger partial charge is 0.255 e.